The molecule has 6 heteroatoms. The summed E-state index contributed by atoms with van der Waals surface area (Å²) in [5.41, 5.74) is 10.8. The van der Waals surface area contributed by atoms with Crippen LogP contribution in [-0.4, -0.2) is 51.7 Å². The highest BCUT2D eigenvalue weighted by molar-refractivity contribution is 5.76. The summed E-state index contributed by atoms with van der Waals surface area (Å²) in [7, 11) is 0. The molecule has 2 aromatic rings. The Morgan fingerprint density at radius 3 is 2.89 bits per heavy atom. The molecule has 0 saturated carbocycles. The molecule has 0 bridgehead atoms. The molecule has 2 aliphatic rings. The average molecular weight is 368 g/mol. The van der Waals surface area contributed by atoms with Crippen LogP contribution in [0.1, 0.15) is 37.2 Å². The van der Waals surface area contributed by atoms with Crippen molar-refractivity contribution in [1.82, 2.24) is 14.5 Å². The molecule has 1 aromatic carbocycles. The maximum atomic E-state index is 12.8. The highest BCUT2D eigenvalue weighted by Crippen LogP contribution is 2.28. The number of hydrogen-bond acceptors (Lipinski definition) is 5. The van der Waals surface area contributed by atoms with Crippen molar-refractivity contribution in [2.24, 2.45) is 5.73 Å². The van der Waals surface area contributed by atoms with Crippen LogP contribution >= 0.6 is 0 Å². The highest BCUT2D eigenvalue weighted by atomic mass is 16.5. The number of likely N-dealkylation sites (tertiary alicyclic amines) is 1. The zero-order chi connectivity index (χ0) is 19.0. The van der Waals surface area contributed by atoms with Crippen molar-refractivity contribution >= 4 is 5.97 Å². The van der Waals surface area contributed by atoms with Gasteiger partial charge in [0.25, 0.3) is 0 Å². The number of benzene rings is 1. The minimum Gasteiger partial charge on any atom is -0.462 e. The van der Waals surface area contributed by atoms with Gasteiger partial charge in [0.2, 0.25) is 0 Å². The Bertz CT molecular complexity index is 829. The summed E-state index contributed by atoms with van der Waals surface area (Å²) in [4.78, 5) is 19.7. The van der Waals surface area contributed by atoms with Gasteiger partial charge in [0.1, 0.15) is 6.04 Å². The van der Waals surface area contributed by atoms with Gasteiger partial charge in [0.15, 0.2) is 0 Å². The normalized spacial score (nSPS) is 20.4. The Labute approximate surface area is 160 Å². The van der Waals surface area contributed by atoms with Crippen molar-refractivity contribution in [3.05, 3.63) is 47.5 Å². The summed E-state index contributed by atoms with van der Waals surface area (Å²) < 4.78 is 7.73. The van der Waals surface area contributed by atoms with Crippen LogP contribution in [0.2, 0.25) is 0 Å². The molecule has 2 N–H and O–H groups in total. The van der Waals surface area contributed by atoms with Crippen LogP contribution < -0.4 is 5.73 Å². The smallest absolute Gasteiger partial charge is 0.324 e. The van der Waals surface area contributed by atoms with Crippen molar-refractivity contribution in [2.75, 3.05) is 13.1 Å². The van der Waals surface area contributed by atoms with E-state index in [2.05, 4.69) is 38.7 Å². The number of aromatic nitrogens is 2. The van der Waals surface area contributed by atoms with E-state index in [-0.39, 0.29) is 24.2 Å². The van der Waals surface area contributed by atoms with Gasteiger partial charge >= 0.3 is 5.97 Å². The van der Waals surface area contributed by atoms with E-state index >= 15 is 0 Å². The van der Waals surface area contributed by atoms with Gasteiger partial charge in [-0.3, -0.25) is 9.69 Å². The molecule has 144 valence electrons. The third-order valence-corrected chi connectivity index (χ3v) is 5.54. The van der Waals surface area contributed by atoms with Crippen molar-refractivity contribution in [3.8, 4) is 5.69 Å². The van der Waals surface area contributed by atoms with Crippen LogP contribution in [0.15, 0.2) is 30.6 Å². The van der Waals surface area contributed by atoms with E-state index < -0.39 is 0 Å². The van der Waals surface area contributed by atoms with Crippen molar-refractivity contribution < 1.29 is 9.53 Å². The first-order valence-corrected chi connectivity index (χ1v) is 9.86. The van der Waals surface area contributed by atoms with Crippen LogP contribution in [0.25, 0.3) is 5.69 Å². The minimum absolute atomic E-state index is 0.126. The molecule has 0 amide bonds. The lowest BCUT2D eigenvalue weighted by atomic mass is 9.98. The Morgan fingerprint density at radius 1 is 1.33 bits per heavy atom. The monoisotopic (exact) mass is 368 g/mol. The van der Waals surface area contributed by atoms with Gasteiger partial charge in [-0.15, -0.1) is 0 Å². The Kier molecular flexibility index (Phi) is 5.02. The predicted octanol–water partition coefficient (Wildman–Crippen LogP) is 1.87. The molecule has 0 radical (unpaired) electrons. The fourth-order valence-corrected chi connectivity index (χ4v) is 4.22. The first-order valence-electron chi connectivity index (χ1n) is 9.86. The molecule has 27 heavy (non-hydrogen) atoms. The number of nitrogens with zero attached hydrogens (tertiary/aromatic N) is 3. The summed E-state index contributed by atoms with van der Waals surface area (Å²) in [5, 5.41) is 0. The van der Waals surface area contributed by atoms with Gasteiger partial charge in [-0.1, -0.05) is 18.2 Å². The van der Waals surface area contributed by atoms with Crippen LogP contribution in [0.5, 0.6) is 0 Å². The van der Waals surface area contributed by atoms with Gasteiger partial charge < -0.3 is 15.0 Å². The molecule has 2 atom stereocenters. The number of hydrogen-bond donors (Lipinski definition) is 1. The first-order chi connectivity index (χ1) is 13.0. The quantitative estimate of drug-likeness (QED) is 0.816. The van der Waals surface area contributed by atoms with Gasteiger partial charge in [-0.2, -0.15) is 0 Å². The van der Waals surface area contributed by atoms with Crippen LogP contribution in [0, 0.1) is 0 Å². The summed E-state index contributed by atoms with van der Waals surface area (Å²) in [6, 6.07) is 8.25. The van der Waals surface area contributed by atoms with E-state index in [9.17, 15) is 4.79 Å². The Morgan fingerprint density at radius 2 is 2.15 bits per heavy atom. The zero-order valence-corrected chi connectivity index (χ0v) is 16.1. The molecule has 0 spiro atoms. The highest BCUT2D eigenvalue weighted by Gasteiger charge is 2.34. The van der Waals surface area contributed by atoms with Crippen LogP contribution in [0.3, 0.4) is 0 Å². The lowest BCUT2D eigenvalue weighted by Crippen LogP contribution is -2.44. The largest absolute Gasteiger partial charge is 0.462 e. The molecular formula is C21H28N4O2. The number of rotatable bonds is 5. The number of ether oxygens (including phenoxy) is 1. The number of carbonyl (C=O) groups is 1. The van der Waals surface area contributed by atoms with Crippen LogP contribution in [-0.2, 0) is 28.8 Å². The molecule has 1 fully saturated rings. The molecular weight excluding hydrogens is 340 g/mol. The second-order valence-electron chi connectivity index (χ2n) is 7.89. The van der Waals surface area contributed by atoms with E-state index in [1.54, 1.807) is 0 Å². The number of aryl methyl sites for hydroxylation is 1. The van der Waals surface area contributed by atoms with Crippen molar-refractivity contribution in [3.63, 3.8) is 0 Å². The fraction of sp³-hybridized carbons (Fsp3) is 0.524. The molecule has 2 aliphatic heterocycles. The third-order valence-electron chi connectivity index (χ3n) is 5.54. The predicted molar refractivity (Wildman–Crippen MR) is 104 cm³/mol. The van der Waals surface area contributed by atoms with E-state index in [1.165, 1.54) is 16.9 Å². The van der Waals surface area contributed by atoms with Gasteiger partial charge in [0.05, 0.1) is 18.1 Å². The maximum Gasteiger partial charge on any atom is 0.324 e. The molecule has 0 unspecified atom stereocenters. The van der Waals surface area contributed by atoms with Gasteiger partial charge in [-0.05, 0) is 44.7 Å². The lowest BCUT2D eigenvalue weighted by Gasteiger charge is -2.27. The Balaban J connectivity index is 1.61. The maximum absolute atomic E-state index is 12.8. The summed E-state index contributed by atoms with van der Waals surface area (Å²) in [6.07, 6.45) is 5.20. The van der Waals surface area contributed by atoms with Crippen LogP contribution in [0.4, 0.5) is 0 Å². The average Bonchev–Trinajstić information content (AvgIpc) is 3.25. The second kappa shape index (κ2) is 7.44. The number of fused-ring (bicyclic) bond motifs is 3. The summed E-state index contributed by atoms with van der Waals surface area (Å²) in [5.74, 6) is -0.169. The molecule has 1 saturated heterocycles. The zero-order valence-electron chi connectivity index (χ0n) is 16.1. The number of imidazole rings is 1. The number of nitrogens with two attached hydrogens (primary N) is 1. The Hall–Kier alpha value is -2.18. The number of esters is 1. The van der Waals surface area contributed by atoms with E-state index in [4.69, 9.17) is 10.5 Å². The molecule has 1 aromatic heterocycles. The molecule has 3 heterocycles. The minimum atomic E-state index is -0.322. The third kappa shape index (κ3) is 3.64. The SMILES string of the molecule is CC(C)OC(=O)[C@H](Cc1ncn2c1CCc1ccccc1-2)N1CC[C@H](N)C1. The molecule has 4 rings (SSSR count). The first kappa shape index (κ1) is 18.2. The standard InChI is InChI=1S/C21H28N4O2/c1-14(2)27-21(26)20(24-10-9-16(22)12-24)11-17-19-8-7-15-5-3-4-6-18(15)25(19)13-23-17/h3-6,13-14,16,20H,7-12,22H2,1-2H3/t16-,20-/m0/s1. The summed E-state index contributed by atoms with van der Waals surface area (Å²) >= 11 is 0. The van der Waals surface area contributed by atoms with E-state index in [1.807, 2.05) is 20.2 Å². The fourth-order valence-electron chi connectivity index (χ4n) is 4.22. The molecule has 0 aliphatic carbocycles. The van der Waals surface area contributed by atoms with Gasteiger partial charge in [0, 0.05) is 36.9 Å². The second-order valence-corrected chi connectivity index (χ2v) is 7.89. The lowest BCUT2D eigenvalue weighted by molar-refractivity contribution is -0.153. The van der Waals surface area contributed by atoms with E-state index in [0.717, 1.165) is 38.0 Å². The summed E-state index contributed by atoms with van der Waals surface area (Å²) in [6.45, 7) is 5.34. The van der Waals surface area contributed by atoms with E-state index in [0.29, 0.717) is 6.42 Å². The van der Waals surface area contributed by atoms with Gasteiger partial charge in [-0.25, -0.2) is 4.98 Å². The van der Waals surface area contributed by atoms with Crippen molar-refractivity contribution in [2.45, 2.75) is 57.7 Å². The number of carbonyl (C=O) groups excluding carboxylic acids is 1. The van der Waals surface area contributed by atoms with Crippen molar-refractivity contribution in [1.29, 1.82) is 0 Å². The molecule has 6 nitrogen and oxygen atoms in total. The topological polar surface area (TPSA) is 73.4 Å². The number of para-hydroxylation sites is 1.